The van der Waals surface area contributed by atoms with E-state index in [1.807, 2.05) is 67.3 Å². The first-order valence-corrected chi connectivity index (χ1v) is 6.92. The van der Waals surface area contributed by atoms with E-state index in [9.17, 15) is 4.79 Å². The topological polar surface area (TPSA) is 32.3 Å². The van der Waals surface area contributed by atoms with Crippen LogP contribution in [0.4, 0.5) is 10.5 Å². The van der Waals surface area contributed by atoms with Crippen LogP contribution in [0.5, 0.6) is 0 Å². The van der Waals surface area contributed by atoms with Crippen molar-refractivity contribution in [3.8, 4) is 0 Å². The van der Waals surface area contributed by atoms with E-state index < -0.39 is 0 Å². The molecule has 0 aromatic heterocycles. The Bertz CT molecular complexity index is 622. The number of para-hydroxylation sites is 1. The van der Waals surface area contributed by atoms with Crippen LogP contribution in [0.25, 0.3) is 0 Å². The third-order valence-electron chi connectivity index (χ3n) is 3.64. The van der Waals surface area contributed by atoms with Gasteiger partial charge in [-0.15, -0.1) is 0 Å². The van der Waals surface area contributed by atoms with E-state index in [2.05, 4.69) is 11.4 Å². The average Bonchev–Trinajstić information content (AvgIpc) is 2.47. The molecule has 0 spiro atoms. The number of amides is 2. The molecule has 1 aliphatic rings. The lowest BCUT2D eigenvalue weighted by atomic mass is 9.94. The van der Waals surface area contributed by atoms with Gasteiger partial charge in [0, 0.05) is 11.6 Å². The standard InChI is InChI=1S/C17H18N2O/c1-12(2)19-15-11-7-6-10-14(15)16(18-17(19)20)13-8-4-3-5-9-13/h3-12,16H,1-2H3,(H,18,20). The number of hydrogen-bond donors (Lipinski definition) is 1. The average molecular weight is 266 g/mol. The number of hydrogen-bond acceptors (Lipinski definition) is 1. The fourth-order valence-electron chi connectivity index (χ4n) is 2.75. The predicted octanol–water partition coefficient (Wildman–Crippen LogP) is 3.71. The highest BCUT2D eigenvalue weighted by Gasteiger charge is 2.32. The van der Waals surface area contributed by atoms with Crippen LogP contribution in [0.1, 0.15) is 31.0 Å². The van der Waals surface area contributed by atoms with Gasteiger partial charge in [0.2, 0.25) is 0 Å². The van der Waals surface area contributed by atoms with Crippen LogP contribution in [-0.4, -0.2) is 12.1 Å². The molecule has 2 aromatic carbocycles. The van der Waals surface area contributed by atoms with Gasteiger partial charge >= 0.3 is 6.03 Å². The number of nitrogens with zero attached hydrogens (tertiary/aromatic N) is 1. The van der Waals surface area contributed by atoms with E-state index in [0.29, 0.717) is 0 Å². The van der Waals surface area contributed by atoms with Gasteiger partial charge in [-0.05, 0) is 25.5 Å². The molecule has 0 fully saturated rings. The molecule has 3 heteroatoms. The maximum absolute atomic E-state index is 12.4. The SMILES string of the molecule is CC(C)N1C(=O)NC(c2ccccc2)c2ccccc21. The summed E-state index contributed by atoms with van der Waals surface area (Å²) in [5, 5.41) is 3.11. The van der Waals surface area contributed by atoms with Gasteiger partial charge in [-0.3, -0.25) is 4.90 Å². The van der Waals surface area contributed by atoms with Crippen LogP contribution in [0.3, 0.4) is 0 Å². The van der Waals surface area contributed by atoms with Gasteiger partial charge in [-0.1, -0.05) is 48.5 Å². The Kier molecular flexibility index (Phi) is 3.18. The number of anilines is 1. The van der Waals surface area contributed by atoms with Crippen molar-refractivity contribution in [1.82, 2.24) is 5.32 Å². The molecule has 3 rings (SSSR count). The van der Waals surface area contributed by atoms with E-state index >= 15 is 0 Å². The molecule has 2 amide bonds. The Morgan fingerprint density at radius 1 is 1.00 bits per heavy atom. The Morgan fingerprint density at radius 2 is 1.65 bits per heavy atom. The van der Waals surface area contributed by atoms with Gasteiger partial charge < -0.3 is 5.32 Å². The molecule has 1 unspecified atom stereocenters. The fraction of sp³-hybridized carbons (Fsp3) is 0.235. The molecule has 3 nitrogen and oxygen atoms in total. The Labute approximate surface area is 119 Å². The van der Waals surface area contributed by atoms with Gasteiger partial charge in [0.15, 0.2) is 0 Å². The minimum Gasteiger partial charge on any atom is -0.327 e. The normalized spacial score (nSPS) is 17.9. The third kappa shape index (κ3) is 2.05. The molecule has 102 valence electrons. The second kappa shape index (κ2) is 5.00. The van der Waals surface area contributed by atoms with Gasteiger partial charge in [0.1, 0.15) is 0 Å². The molecule has 2 aromatic rings. The molecule has 0 aliphatic carbocycles. The lowest BCUT2D eigenvalue weighted by molar-refractivity contribution is 0.241. The number of carbonyl (C=O) groups is 1. The van der Waals surface area contributed by atoms with E-state index in [0.717, 1.165) is 16.8 Å². The summed E-state index contributed by atoms with van der Waals surface area (Å²) in [7, 11) is 0. The van der Waals surface area contributed by atoms with Gasteiger partial charge in [-0.25, -0.2) is 4.79 Å². The van der Waals surface area contributed by atoms with Crippen LogP contribution in [-0.2, 0) is 0 Å². The van der Waals surface area contributed by atoms with E-state index in [-0.39, 0.29) is 18.1 Å². The second-order valence-electron chi connectivity index (χ2n) is 5.32. The molecule has 0 bridgehead atoms. The number of benzene rings is 2. The molecule has 1 atom stereocenters. The van der Waals surface area contributed by atoms with Crippen molar-refractivity contribution in [2.24, 2.45) is 0 Å². The number of urea groups is 1. The van der Waals surface area contributed by atoms with E-state index in [1.54, 1.807) is 0 Å². The summed E-state index contributed by atoms with van der Waals surface area (Å²) in [4.78, 5) is 14.2. The quantitative estimate of drug-likeness (QED) is 0.883. The zero-order valence-electron chi connectivity index (χ0n) is 11.7. The predicted molar refractivity (Wildman–Crippen MR) is 80.9 cm³/mol. The molecule has 0 radical (unpaired) electrons. The lowest BCUT2D eigenvalue weighted by Crippen LogP contribution is -2.50. The summed E-state index contributed by atoms with van der Waals surface area (Å²) < 4.78 is 0. The fourth-order valence-corrected chi connectivity index (χ4v) is 2.75. The van der Waals surface area contributed by atoms with Crippen LogP contribution >= 0.6 is 0 Å². The largest absolute Gasteiger partial charge is 0.327 e. The molecule has 20 heavy (non-hydrogen) atoms. The van der Waals surface area contributed by atoms with Crippen LogP contribution in [0, 0.1) is 0 Å². The first kappa shape index (κ1) is 12.7. The highest BCUT2D eigenvalue weighted by atomic mass is 16.2. The van der Waals surface area contributed by atoms with Gasteiger partial charge in [0.25, 0.3) is 0 Å². The first-order chi connectivity index (χ1) is 9.68. The van der Waals surface area contributed by atoms with Crippen molar-refractivity contribution in [1.29, 1.82) is 0 Å². The molecular formula is C17H18N2O. The summed E-state index contributed by atoms with van der Waals surface area (Å²) in [6.07, 6.45) is 0. The van der Waals surface area contributed by atoms with E-state index in [4.69, 9.17) is 0 Å². The lowest BCUT2D eigenvalue weighted by Gasteiger charge is -2.37. The Balaban J connectivity index is 2.12. The van der Waals surface area contributed by atoms with Crippen molar-refractivity contribution in [2.75, 3.05) is 4.90 Å². The second-order valence-corrected chi connectivity index (χ2v) is 5.32. The molecule has 1 heterocycles. The van der Waals surface area contributed by atoms with Gasteiger partial charge in [-0.2, -0.15) is 0 Å². The summed E-state index contributed by atoms with van der Waals surface area (Å²) in [6, 6.07) is 18.2. The molecule has 0 saturated carbocycles. The zero-order chi connectivity index (χ0) is 14.1. The highest BCUT2D eigenvalue weighted by molar-refractivity contribution is 5.96. The van der Waals surface area contributed by atoms with Crippen molar-refractivity contribution in [3.05, 3.63) is 65.7 Å². The minimum absolute atomic E-state index is 0.0347. The van der Waals surface area contributed by atoms with Crippen molar-refractivity contribution >= 4 is 11.7 Å². The van der Waals surface area contributed by atoms with Gasteiger partial charge in [0.05, 0.1) is 11.7 Å². The minimum atomic E-state index is -0.0742. The van der Waals surface area contributed by atoms with Crippen molar-refractivity contribution in [2.45, 2.75) is 25.9 Å². The van der Waals surface area contributed by atoms with Crippen LogP contribution in [0.2, 0.25) is 0 Å². The maximum atomic E-state index is 12.4. The maximum Gasteiger partial charge on any atom is 0.322 e. The Hall–Kier alpha value is -2.29. The first-order valence-electron chi connectivity index (χ1n) is 6.92. The number of carbonyl (C=O) groups excluding carboxylic acids is 1. The summed E-state index contributed by atoms with van der Waals surface area (Å²) >= 11 is 0. The van der Waals surface area contributed by atoms with Crippen LogP contribution < -0.4 is 10.2 Å². The summed E-state index contributed by atoms with van der Waals surface area (Å²) in [5.74, 6) is 0. The molecule has 0 saturated heterocycles. The Morgan fingerprint density at radius 3 is 2.35 bits per heavy atom. The third-order valence-corrected chi connectivity index (χ3v) is 3.64. The zero-order valence-corrected chi connectivity index (χ0v) is 11.7. The molecule has 1 N–H and O–H groups in total. The summed E-state index contributed by atoms with van der Waals surface area (Å²) in [5.41, 5.74) is 3.25. The van der Waals surface area contributed by atoms with Crippen LogP contribution in [0.15, 0.2) is 54.6 Å². The number of rotatable bonds is 2. The summed E-state index contributed by atoms with van der Waals surface area (Å²) in [6.45, 7) is 4.05. The monoisotopic (exact) mass is 266 g/mol. The van der Waals surface area contributed by atoms with E-state index in [1.165, 1.54) is 0 Å². The number of nitrogens with one attached hydrogen (secondary N) is 1. The van der Waals surface area contributed by atoms with Crippen molar-refractivity contribution in [3.63, 3.8) is 0 Å². The molecular weight excluding hydrogens is 248 g/mol. The number of fused-ring (bicyclic) bond motifs is 1. The highest BCUT2D eigenvalue weighted by Crippen LogP contribution is 2.35. The smallest absolute Gasteiger partial charge is 0.322 e. The molecule has 1 aliphatic heterocycles. The van der Waals surface area contributed by atoms with Crippen molar-refractivity contribution < 1.29 is 4.79 Å².